The van der Waals surface area contributed by atoms with E-state index in [-0.39, 0.29) is 11.5 Å². The van der Waals surface area contributed by atoms with Gasteiger partial charge in [0.05, 0.1) is 23.0 Å². The highest BCUT2D eigenvalue weighted by atomic mass is 35.5. The lowest BCUT2D eigenvalue weighted by molar-refractivity contribution is 0.277. The number of ether oxygens (including phenoxy) is 2. The molecule has 1 heterocycles. The SMILES string of the molecule is COc1ccccc1OCc1nc2ccc(S(=O)(=O)Nc3ccc(Cl)cc3)cc2[nH]1. The molecule has 0 saturated carbocycles. The zero-order valence-corrected chi connectivity index (χ0v) is 17.5. The number of halogens is 1. The number of methoxy groups -OCH3 is 1. The van der Waals surface area contributed by atoms with Crippen molar-refractivity contribution in [2.45, 2.75) is 11.5 Å². The number of aromatic amines is 1. The minimum atomic E-state index is -3.76. The zero-order valence-electron chi connectivity index (χ0n) is 15.9. The summed E-state index contributed by atoms with van der Waals surface area (Å²) in [5.41, 5.74) is 1.65. The molecular weight excluding hydrogens is 426 g/mol. The Morgan fingerprint density at radius 3 is 2.50 bits per heavy atom. The Morgan fingerprint density at radius 2 is 1.77 bits per heavy atom. The third kappa shape index (κ3) is 4.34. The van der Waals surface area contributed by atoms with Crippen LogP contribution in [0.4, 0.5) is 5.69 Å². The average molecular weight is 444 g/mol. The van der Waals surface area contributed by atoms with Crippen LogP contribution < -0.4 is 14.2 Å². The lowest BCUT2D eigenvalue weighted by Gasteiger charge is -2.08. The van der Waals surface area contributed by atoms with Gasteiger partial charge in [0.15, 0.2) is 11.5 Å². The van der Waals surface area contributed by atoms with Gasteiger partial charge in [-0.3, -0.25) is 4.72 Å². The number of benzene rings is 3. The van der Waals surface area contributed by atoms with E-state index in [4.69, 9.17) is 21.1 Å². The molecule has 1 aromatic heterocycles. The van der Waals surface area contributed by atoms with Gasteiger partial charge in [-0.05, 0) is 54.6 Å². The molecule has 3 aromatic carbocycles. The molecule has 0 amide bonds. The highest BCUT2D eigenvalue weighted by Gasteiger charge is 2.16. The van der Waals surface area contributed by atoms with E-state index in [0.717, 1.165) is 0 Å². The monoisotopic (exact) mass is 443 g/mol. The van der Waals surface area contributed by atoms with E-state index in [1.54, 1.807) is 49.6 Å². The Hall–Kier alpha value is -3.23. The molecule has 9 heteroatoms. The number of anilines is 1. The molecule has 0 saturated heterocycles. The molecular formula is C21H18ClN3O4S. The van der Waals surface area contributed by atoms with Crippen molar-refractivity contribution < 1.29 is 17.9 Å². The van der Waals surface area contributed by atoms with Gasteiger partial charge in [0.25, 0.3) is 10.0 Å². The van der Waals surface area contributed by atoms with Gasteiger partial charge >= 0.3 is 0 Å². The maximum absolute atomic E-state index is 12.7. The summed E-state index contributed by atoms with van der Waals surface area (Å²) in [4.78, 5) is 7.67. The van der Waals surface area contributed by atoms with Crippen LogP contribution >= 0.6 is 11.6 Å². The average Bonchev–Trinajstić information content (AvgIpc) is 3.16. The molecule has 0 unspecified atom stereocenters. The van der Waals surface area contributed by atoms with Crippen LogP contribution in [-0.4, -0.2) is 25.5 Å². The van der Waals surface area contributed by atoms with Crippen molar-refractivity contribution in [2.24, 2.45) is 0 Å². The van der Waals surface area contributed by atoms with E-state index >= 15 is 0 Å². The molecule has 0 fully saturated rings. The molecule has 4 rings (SSSR count). The van der Waals surface area contributed by atoms with E-state index in [1.807, 2.05) is 12.1 Å². The number of aromatic nitrogens is 2. The molecule has 0 spiro atoms. The molecule has 0 bridgehead atoms. The highest BCUT2D eigenvalue weighted by Crippen LogP contribution is 2.27. The van der Waals surface area contributed by atoms with Crippen LogP contribution in [0.3, 0.4) is 0 Å². The standard InChI is InChI=1S/C21H18ClN3O4S/c1-28-19-4-2-3-5-20(19)29-13-21-23-17-11-10-16(12-18(17)24-21)30(26,27)25-15-8-6-14(22)7-9-15/h2-12,25H,13H2,1H3,(H,23,24). The van der Waals surface area contributed by atoms with Crippen molar-refractivity contribution in [2.75, 3.05) is 11.8 Å². The fraction of sp³-hybridized carbons (Fsp3) is 0.0952. The molecule has 7 nitrogen and oxygen atoms in total. The summed E-state index contributed by atoms with van der Waals surface area (Å²) < 4.78 is 39.0. The van der Waals surface area contributed by atoms with E-state index in [2.05, 4.69) is 14.7 Å². The smallest absolute Gasteiger partial charge is 0.261 e. The summed E-state index contributed by atoms with van der Waals surface area (Å²) in [6, 6.07) is 18.4. The van der Waals surface area contributed by atoms with Crippen molar-refractivity contribution in [1.29, 1.82) is 0 Å². The summed E-state index contributed by atoms with van der Waals surface area (Å²) >= 11 is 5.84. The van der Waals surface area contributed by atoms with Crippen molar-refractivity contribution in [1.82, 2.24) is 9.97 Å². The van der Waals surface area contributed by atoms with Gasteiger partial charge < -0.3 is 14.5 Å². The summed E-state index contributed by atoms with van der Waals surface area (Å²) in [5, 5.41) is 0.527. The van der Waals surface area contributed by atoms with Gasteiger partial charge in [0, 0.05) is 10.7 Å². The van der Waals surface area contributed by atoms with Crippen LogP contribution in [0, 0.1) is 0 Å². The largest absolute Gasteiger partial charge is 0.493 e. The minimum Gasteiger partial charge on any atom is -0.493 e. The quantitative estimate of drug-likeness (QED) is 0.435. The molecule has 0 aliphatic rings. The van der Waals surface area contributed by atoms with Gasteiger partial charge in [-0.1, -0.05) is 23.7 Å². The first-order valence-electron chi connectivity index (χ1n) is 8.97. The van der Waals surface area contributed by atoms with Crippen molar-refractivity contribution >= 4 is 38.3 Å². The molecule has 2 N–H and O–H groups in total. The number of fused-ring (bicyclic) bond motifs is 1. The fourth-order valence-corrected chi connectivity index (χ4v) is 4.10. The second kappa shape index (κ2) is 8.25. The molecule has 0 radical (unpaired) electrons. The summed E-state index contributed by atoms with van der Waals surface area (Å²) in [6.45, 7) is 0.181. The highest BCUT2D eigenvalue weighted by molar-refractivity contribution is 7.92. The van der Waals surface area contributed by atoms with Gasteiger partial charge in [0.2, 0.25) is 0 Å². The minimum absolute atomic E-state index is 0.116. The second-order valence-corrected chi connectivity index (χ2v) is 8.53. The van der Waals surface area contributed by atoms with Gasteiger partial charge in [0.1, 0.15) is 12.4 Å². The molecule has 0 aliphatic heterocycles. The van der Waals surface area contributed by atoms with Crippen molar-refractivity contribution in [3.63, 3.8) is 0 Å². The topological polar surface area (TPSA) is 93.3 Å². The van der Waals surface area contributed by atoms with Gasteiger partial charge in [-0.2, -0.15) is 0 Å². The van der Waals surface area contributed by atoms with Crippen LogP contribution in [0.2, 0.25) is 5.02 Å². The van der Waals surface area contributed by atoms with Crippen LogP contribution in [0.15, 0.2) is 71.6 Å². The van der Waals surface area contributed by atoms with Gasteiger partial charge in [-0.25, -0.2) is 13.4 Å². The molecule has 0 atom stereocenters. The maximum Gasteiger partial charge on any atom is 0.261 e. The Kier molecular flexibility index (Phi) is 5.52. The van der Waals surface area contributed by atoms with Crippen LogP contribution in [0.1, 0.15) is 5.82 Å². The Bertz CT molecular complexity index is 1290. The number of nitrogens with zero attached hydrogens (tertiary/aromatic N) is 1. The number of hydrogen-bond acceptors (Lipinski definition) is 5. The summed E-state index contributed by atoms with van der Waals surface area (Å²) in [5.74, 6) is 1.78. The number of hydrogen-bond donors (Lipinski definition) is 2. The number of sulfonamides is 1. The number of para-hydroxylation sites is 2. The van der Waals surface area contributed by atoms with E-state index in [9.17, 15) is 8.42 Å². The number of nitrogens with one attached hydrogen (secondary N) is 2. The Balaban J connectivity index is 1.54. The predicted octanol–water partition coefficient (Wildman–Crippen LogP) is 4.60. The zero-order chi connectivity index (χ0) is 21.1. The lowest BCUT2D eigenvalue weighted by atomic mass is 10.3. The van der Waals surface area contributed by atoms with E-state index < -0.39 is 10.0 Å². The molecule has 4 aromatic rings. The van der Waals surface area contributed by atoms with Crippen LogP contribution in [0.25, 0.3) is 11.0 Å². The predicted molar refractivity (Wildman–Crippen MR) is 116 cm³/mol. The maximum atomic E-state index is 12.7. The summed E-state index contributed by atoms with van der Waals surface area (Å²) in [6.07, 6.45) is 0. The lowest BCUT2D eigenvalue weighted by Crippen LogP contribution is -2.12. The van der Waals surface area contributed by atoms with Gasteiger partial charge in [-0.15, -0.1) is 0 Å². The number of imidazole rings is 1. The van der Waals surface area contributed by atoms with E-state index in [0.29, 0.717) is 39.1 Å². The van der Waals surface area contributed by atoms with Crippen molar-refractivity contribution in [3.05, 3.63) is 77.6 Å². The number of H-pyrrole nitrogens is 1. The molecule has 0 aliphatic carbocycles. The third-order valence-electron chi connectivity index (χ3n) is 4.34. The second-order valence-electron chi connectivity index (χ2n) is 6.41. The van der Waals surface area contributed by atoms with E-state index in [1.165, 1.54) is 12.1 Å². The van der Waals surface area contributed by atoms with Crippen molar-refractivity contribution in [3.8, 4) is 11.5 Å². The normalized spacial score (nSPS) is 11.4. The number of rotatable bonds is 7. The first-order chi connectivity index (χ1) is 14.4. The molecule has 154 valence electrons. The Morgan fingerprint density at radius 1 is 1.03 bits per heavy atom. The summed E-state index contributed by atoms with van der Waals surface area (Å²) in [7, 11) is -2.19. The van der Waals surface area contributed by atoms with Crippen LogP contribution in [-0.2, 0) is 16.6 Å². The molecule has 30 heavy (non-hydrogen) atoms. The first-order valence-corrected chi connectivity index (χ1v) is 10.8. The first kappa shape index (κ1) is 20.1. The van der Waals surface area contributed by atoms with Crippen LogP contribution in [0.5, 0.6) is 11.5 Å². The third-order valence-corrected chi connectivity index (χ3v) is 5.97. The Labute approximate surface area is 178 Å². The fourth-order valence-electron chi connectivity index (χ4n) is 2.89.